The fourth-order valence-electron chi connectivity index (χ4n) is 7.29. The third-order valence-electron chi connectivity index (χ3n) is 9.88. The van der Waals surface area contributed by atoms with Crippen LogP contribution in [0.3, 0.4) is 0 Å². The smallest absolute Gasteiger partial charge is 0.349 e. The maximum Gasteiger partial charge on any atom is 4.00 e. The number of hydrogen-bond acceptors (Lipinski definition) is 0. The number of aryl methyl sites for hydroxylation is 6. The molecule has 4 aromatic carbocycles. The van der Waals surface area contributed by atoms with Gasteiger partial charge in [-0.25, -0.2) is 41.8 Å². The molecule has 8 rings (SSSR count). The van der Waals surface area contributed by atoms with E-state index >= 15 is 0 Å². The Kier molecular flexibility index (Phi) is 17.2. The molecule has 53 heavy (non-hydrogen) atoms. The van der Waals surface area contributed by atoms with E-state index in [0.29, 0.717) is 24.0 Å². The topological polar surface area (TPSA) is 9.86 Å². The van der Waals surface area contributed by atoms with Gasteiger partial charge in [-0.15, -0.1) is 35.4 Å². The molecule has 0 saturated carbocycles. The molecule has 0 atom stereocenters. The summed E-state index contributed by atoms with van der Waals surface area (Å²) in [4.78, 5) is 0. The van der Waals surface area contributed by atoms with Gasteiger partial charge >= 0.3 is 21.7 Å². The van der Waals surface area contributed by atoms with Gasteiger partial charge in [0, 0.05) is 59.1 Å². The molecule has 6 aromatic rings. The van der Waals surface area contributed by atoms with Crippen molar-refractivity contribution in [1.82, 2.24) is 9.13 Å². The third-order valence-corrected chi connectivity index (χ3v) is 9.88. The summed E-state index contributed by atoms with van der Waals surface area (Å²) in [5, 5.41) is 0. The first-order valence-corrected chi connectivity index (χ1v) is 18.7. The van der Waals surface area contributed by atoms with Crippen LogP contribution in [0.5, 0.6) is 0 Å². The first kappa shape index (κ1) is 41.9. The molecule has 0 unspecified atom stereocenters. The second-order valence-corrected chi connectivity index (χ2v) is 13.7. The van der Waals surface area contributed by atoms with Gasteiger partial charge in [-0.2, -0.15) is 48.5 Å². The van der Waals surface area contributed by atoms with Crippen LogP contribution in [-0.2, 0) is 73.3 Å². The van der Waals surface area contributed by atoms with Crippen LogP contribution in [0.1, 0.15) is 83.6 Å². The summed E-state index contributed by atoms with van der Waals surface area (Å²) >= 11 is 0. The van der Waals surface area contributed by atoms with E-state index in [1.54, 1.807) is 0 Å². The van der Waals surface area contributed by atoms with Crippen LogP contribution in [0.15, 0.2) is 97.1 Å². The van der Waals surface area contributed by atoms with Crippen LogP contribution in [0, 0.1) is 49.2 Å². The van der Waals surface area contributed by atoms with Crippen LogP contribution >= 0.6 is 0 Å². The molecule has 0 N–H and O–H groups in total. The monoisotopic (exact) mass is 754 g/mol. The minimum absolute atomic E-state index is 0. The van der Waals surface area contributed by atoms with E-state index in [4.69, 9.17) is 0 Å². The van der Waals surface area contributed by atoms with E-state index in [9.17, 15) is 17.6 Å². The summed E-state index contributed by atoms with van der Waals surface area (Å²) in [6, 6.07) is 34.4. The zero-order valence-electron chi connectivity index (χ0n) is 31.0. The van der Waals surface area contributed by atoms with Crippen molar-refractivity contribution < 1.29 is 39.3 Å². The average Bonchev–Trinajstić information content (AvgIpc) is 3.98. The van der Waals surface area contributed by atoms with Gasteiger partial charge in [0.1, 0.15) is 0 Å². The van der Waals surface area contributed by atoms with Gasteiger partial charge in [-0.3, -0.25) is 0 Å². The molecule has 2 aliphatic rings. The Bertz CT molecular complexity index is 1740. The summed E-state index contributed by atoms with van der Waals surface area (Å²) in [6.07, 6.45) is 12.7. The summed E-state index contributed by atoms with van der Waals surface area (Å²) < 4.78 is 57.6. The third kappa shape index (κ3) is 12.6. The number of hydrogen-bond donors (Lipinski definition) is 0. The van der Waals surface area contributed by atoms with Crippen molar-refractivity contribution in [3.63, 3.8) is 0 Å². The second-order valence-electron chi connectivity index (χ2n) is 13.7. The number of aromatic nitrogens is 2. The molecule has 0 amide bonds. The van der Waals surface area contributed by atoms with Gasteiger partial charge in [-0.1, -0.05) is 12.8 Å². The van der Waals surface area contributed by atoms with E-state index in [1.165, 1.54) is 96.7 Å². The first-order chi connectivity index (χ1) is 25.3. The van der Waals surface area contributed by atoms with Crippen LogP contribution in [0.4, 0.5) is 17.6 Å². The fourth-order valence-corrected chi connectivity index (χ4v) is 7.29. The number of nitrogens with zero attached hydrogens (tertiary/aromatic N) is 2. The standard InChI is InChI=1S/2C18H20F2N.2C5H5.Ti/c2*1-13-11-15-5-2-3-7-18(15)21(13)10-4-6-14-8-9-16(19)12-17(14)20;2*1-2-4-5-3-1;/h2*8-9,11H,2-7,10H2,1H3;2*1-5H;/q4*-1;+4. The van der Waals surface area contributed by atoms with E-state index < -0.39 is 23.3 Å². The van der Waals surface area contributed by atoms with Crippen molar-refractivity contribution >= 4 is 0 Å². The van der Waals surface area contributed by atoms with Crippen molar-refractivity contribution in [2.24, 2.45) is 0 Å². The van der Waals surface area contributed by atoms with Crippen LogP contribution in [0.25, 0.3) is 0 Å². The largest absolute Gasteiger partial charge is 4.00 e. The molecule has 0 spiro atoms. The Morgan fingerprint density at radius 2 is 0.943 bits per heavy atom. The summed E-state index contributed by atoms with van der Waals surface area (Å²) in [6.45, 7) is 6.09. The molecule has 276 valence electrons. The molecule has 2 aromatic heterocycles. The van der Waals surface area contributed by atoms with E-state index in [0.717, 1.165) is 38.8 Å². The second kappa shape index (κ2) is 21.7. The minimum atomic E-state index is -0.633. The van der Waals surface area contributed by atoms with Crippen LogP contribution in [0.2, 0.25) is 0 Å². The van der Waals surface area contributed by atoms with Crippen LogP contribution < -0.4 is 0 Å². The predicted octanol–water partition coefficient (Wildman–Crippen LogP) is 11.6. The van der Waals surface area contributed by atoms with Crippen molar-refractivity contribution in [2.45, 2.75) is 104 Å². The average molecular weight is 755 g/mol. The van der Waals surface area contributed by atoms with Gasteiger partial charge in [0.15, 0.2) is 0 Å². The molecular formula is C46H50F4N2Ti. The van der Waals surface area contributed by atoms with Gasteiger partial charge < -0.3 is 9.13 Å². The van der Waals surface area contributed by atoms with Gasteiger partial charge in [-0.05, 0) is 101 Å². The summed E-state index contributed by atoms with van der Waals surface area (Å²) in [5.41, 5.74) is 9.60. The maximum absolute atomic E-state index is 13.6. The van der Waals surface area contributed by atoms with Crippen molar-refractivity contribution in [3.8, 4) is 0 Å². The quantitative estimate of drug-likeness (QED) is 0.0832. The van der Waals surface area contributed by atoms with Crippen molar-refractivity contribution in [3.05, 3.63) is 177 Å². The molecule has 2 nitrogen and oxygen atoms in total. The van der Waals surface area contributed by atoms with Gasteiger partial charge in [0.05, 0.1) is 0 Å². The zero-order valence-corrected chi connectivity index (χ0v) is 32.6. The molecule has 7 heteroatoms. The zero-order chi connectivity index (χ0) is 36.7. The van der Waals surface area contributed by atoms with E-state index in [1.807, 2.05) is 60.7 Å². The molecule has 2 heterocycles. The minimum Gasteiger partial charge on any atom is -0.349 e. The Balaban J connectivity index is 0.000000184. The van der Waals surface area contributed by atoms with Gasteiger partial charge in [0.25, 0.3) is 0 Å². The fraction of sp³-hybridized carbons (Fsp3) is 0.348. The van der Waals surface area contributed by atoms with E-state index in [2.05, 4.69) is 47.2 Å². The molecule has 0 radical (unpaired) electrons. The Labute approximate surface area is 328 Å². The number of rotatable bonds is 8. The molecule has 2 aliphatic carbocycles. The molecular weight excluding hydrogens is 704 g/mol. The maximum atomic E-state index is 13.6. The van der Waals surface area contributed by atoms with E-state index in [-0.39, 0.29) is 21.7 Å². The predicted molar refractivity (Wildman–Crippen MR) is 203 cm³/mol. The normalized spacial score (nSPS) is 12.8. The number of benzene rings is 2. The molecule has 0 fully saturated rings. The van der Waals surface area contributed by atoms with Crippen molar-refractivity contribution in [1.29, 1.82) is 0 Å². The first-order valence-electron chi connectivity index (χ1n) is 18.7. The number of halogens is 4. The Morgan fingerprint density at radius 1 is 0.566 bits per heavy atom. The summed E-state index contributed by atoms with van der Waals surface area (Å²) in [5.74, 6) is -2.37. The van der Waals surface area contributed by atoms with Crippen LogP contribution in [-0.4, -0.2) is 9.13 Å². The SMILES string of the molecule is Cc1cc2c(n1CCCc1ccc(F)[c-]c1F)CCCC2.Cc1cc2c(n1CCCc1ccc(F)[c-]c1F)CCCC2.[Ti+4].c1cc[cH-]c1.c1cc[cH-]c1. The summed E-state index contributed by atoms with van der Waals surface area (Å²) in [7, 11) is 0. The number of fused-ring (bicyclic) bond motifs is 2. The van der Waals surface area contributed by atoms with Crippen molar-refractivity contribution in [2.75, 3.05) is 0 Å². The Hall–Kier alpha value is -3.87. The van der Waals surface area contributed by atoms with Gasteiger partial charge in [0.2, 0.25) is 0 Å². The Morgan fingerprint density at radius 3 is 1.28 bits per heavy atom. The molecule has 0 aliphatic heterocycles. The molecule has 0 saturated heterocycles. The molecule has 0 bridgehead atoms.